The van der Waals surface area contributed by atoms with Crippen molar-refractivity contribution in [2.24, 2.45) is 0 Å². The van der Waals surface area contributed by atoms with Crippen LogP contribution in [0.4, 0.5) is 0 Å². The lowest BCUT2D eigenvalue weighted by Crippen LogP contribution is -2.30. The van der Waals surface area contributed by atoms with Gasteiger partial charge in [-0.25, -0.2) is 0 Å². The van der Waals surface area contributed by atoms with Crippen LogP contribution in [0, 0.1) is 0 Å². The molecule has 336 valence electrons. The zero-order valence-electron chi connectivity index (χ0n) is 38.6. The summed E-state index contributed by atoms with van der Waals surface area (Å²) in [7, 11) is 0. The van der Waals surface area contributed by atoms with Gasteiger partial charge in [-0.05, 0) is 96.3 Å². The lowest BCUT2D eigenvalue weighted by Gasteiger charge is -2.18. The van der Waals surface area contributed by atoms with Crippen molar-refractivity contribution in [3.05, 3.63) is 60.8 Å². The number of unbranched alkanes of at least 4 members (excludes halogenated alkanes) is 24. The molecule has 1 unspecified atom stereocenters. The summed E-state index contributed by atoms with van der Waals surface area (Å²) in [5, 5.41) is 0. The fourth-order valence-electron chi connectivity index (χ4n) is 6.79. The number of rotatable bonds is 45. The number of carbonyl (C=O) groups excluding carboxylic acids is 2. The van der Waals surface area contributed by atoms with E-state index in [0.717, 1.165) is 83.5 Å². The summed E-state index contributed by atoms with van der Waals surface area (Å²) >= 11 is 0. The third-order valence-corrected chi connectivity index (χ3v) is 10.5. The fourth-order valence-corrected chi connectivity index (χ4v) is 6.79. The Labute approximate surface area is 360 Å². The molecule has 0 spiro atoms. The fraction of sp³-hybridized carbons (Fsp3) is 0.774. The van der Waals surface area contributed by atoms with E-state index < -0.39 is 6.10 Å². The van der Waals surface area contributed by atoms with Crippen molar-refractivity contribution in [2.45, 2.75) is 245 Å². The van der Waals surface area contributed by atoms with Gasteiger partial charge in [-0.2, -0.15) is 0 Å². The minimum absolute atomic E-state index is 0.0702. The van der Waals surface area contributed by atoms with Crippen molar-refractivity contribution in [1.82, 2.24) is 0 Å². The molecule has 0 aromatic heterocycles. The highest BCUT2D eigenvalue weighted by Gasteiger charge is 2.17. The van der Waals surface area contributed by atoms with Gasteiger partial charge in [0.05, 0.1) is 6.61 Å². The van der Waals surface area contributed by atoms with Crippen LogP contribution in [0.2, 0.25) is 0 Å². The predicted molar refractivity (Wildman–Crippen MR) is 251 cm³/mol. The average Bonchev–Trinajstić information content (AvgIpc) is 3.22. The normalized spacial score (nSPS) is 12.7. The molecule has 0 aromatic rings. The van der Waals surface area contributed by atoms with Gasteiger partial charge in [0.25, 0.3) is 0 Å². The number of carbonyl (C=O) groups is 2. The Morgan fingerprint density at radius 3 is 1.31 bits per heavy atom. The second-order valence-corrected chi connectivity index (χ2v) is 16.3. The predicted octanol–water partition coefficient (Wildman–Crippen LogP) is 16.6. The molecule has 0 saturated heterocycles. The minimum atomic E-state index is -0.550. The molecule has 5 nitrogen and oxygen atoms in total. The van der Waals surface area contributed by atoms with E-state index in [2.05, 4.69) is 81.5 Å². The summed E-state index contributed by atoms with van der Waals surface area (Å²) in [5.41, 5.74) is 0. The highest BCUT2D eigenvalue weighted by atomic mass is 16.6. The van der Waals surface area contributed by atoms with Gasteiger partial charge in [0.2, 0.25) is 0 Å². The molecule has 1 atom stereocenters. The van der Waals surface area contributed by atoms with Gasteiger partial charge < -0.3 is 14.2 Å². The molecule has 0 bridgehead atoms. The van der Waals surface area contributed by atoms with Crippen LogP contribution in [-0.2, 0) is 23.8 Å². The molecular weight excluding hydrogens is 717 g/mol. The SMILES string of the molecule is CC/C=C\C/C=C\C/C=C\CCCCCCCC(=O)OCC(COCCCCCCCC/C=C\CCCC)OC(=O)CCCCCCC/C=C\CCCCCCCC. The van der Waals surface area contributed by atoms with Crippen LogP contribution < -0.4 is 0 Å². The average molecular weight is 811 g/mol. The first-order valence-electron chi connectivity index (χ1n) is 24.8. The van der Waals surface area contributed by atoms with Crippen molar-refractivity contribution in [1.29, 1.82) is 0 Å². The molecule has 0 radical (unpaired) electrons. The van der Waals surface area contributed by atoms with Crippen molar-refractivity contribution in [3.63, 3.8) is 0 Å². The van der Waals surface area contributed by atoms with Crippen molar-refractivity contribution >= 4 is 11.9 Å². The van der Waals surface area contributed by atoms with E-state index in [0.29, 0.717) is 19.4 Å². The first kappa shape index (κ1) is 55.6. The number of esters is 2. The maximum Gasteiger partial charge on any atom is 0.306 e. The summed E-state index contributed by atoms with van der Waals surface area (Å²) in [4.78, 5) is 25.3. The monoisotopic (exact) mass is 811 g/mol. The van der Waals surface area contributed by atoms with Gasteiger partial charge in [0, 0.05) is 19.4 Å². The van der Waals surface area contributed by atoms with E-state index in [4.69, 9.17) is 14.2 Å². The quantitative estimate of drug-likeness (QED) is 0.0348. The molecule has 0 amide bonds. The molecule has 0 aliphatic rings. The van der Waals surface area contributed by atoms with Crippen LogP contribution in [0.3, 0.4) is 0 Å². The molecular formula is C53H94O5. The molecule has 0 aromatic carbocycles. The largest absolute Gasteiger partial charge is 0.462 e. The third-order valence-electron chi connectivity index (χ3n) is 10.5. The highest BCUT2D eigenvalue weighted by molar-refractivity contribution is 5.70. The Hall–Kier alpha value is -2.40. The van der Waals surface area contributed by atoms with Crippen LogP contribution >= 0.6 is 0 Å². The Kier molecular flexibility index (Phi) is 46.9. The smallest absolute Gasteiger partial charge is 0.306 e. The summed E-state index contributed by atoms with van der Waals surface area (Å²) in [6.45, 7) is 7.65. The summed E-state index contributed by atoms with van der Waals surface area (Å²) < 4.78 is 17.3. The second kappa shape index (κ2) is 49.0. The van der Waals surface area contributed by atoms with Gasteiger partial charge >= 0.3 is 11.9 Å². The van der Waals surface area contributed by atoms with Gasteiger partial charge in [-0.3, -0.25) is 9.59 Å². The standard InChI is InChI=1S/C53H94O5/c1-4-7-10-13-16-19-22-25-27-29-31-34-37-40-43-46-52(54)57-50-51(49-56-48-45-42-39-36-33-24-21-18-15-12-9-6-3)58-53(55)47-44-41-38-35-32-30-28-26-23-20-17-14-11-8-5-2/h7,10,15-16,18-19,25-28,51H,4-6,8-9,11-14,17,20-24,29-50H2,1-3H3/b10-7-,18-15-,19-16-,27-25-,28-26-. The Morgan fingerprint density at radius 1 is 0.397 bits per heavy atom. The van der Waals surface area contributed by atoms with Gasteiger partial charge in [0.15, 0.2) is 6.10 Å². The van der Waals surface area contributed by atoms with E-state index in [1.807, 2.05) is 0 Å². The van der Waals surface area contributed by atoms with Gasteiger partial charge in [-0.15, -0.1) is 0 Å². The molecule has 58 heavy (non-hydrogen) atoms. The second-order valence-electron chi connectivity index (χ2n) is 16.3. The number of hydrogen-bond donors (Lipinski definition) is 0. The zero-order chi connectivity index (χ0) is 42.1. The number of allylic oxidation sites excluding steroid dienone is 10. The zero-order valence-corrected chi connectivity index (χ0v) is 38.6. The van der Waals surface area contributed by atoms with E-state index in [1.54, 1.807) is 0 Å². The molecule has 0 aliphatic carbocycles. The van der Waals surface area contributed by atoms with Crippen molar-refractivity contribution in [3.8, 4) is 0 Å². The van der Waals surface area contributed by atoms with Gasteiger partial charge in [0.1, 0.15) is 6.61 Å². The van der Waals surface area contributed by atoms with Crippen LogP contribution in [0.5, 0.6) is 0 Å². The van der Waals surface area contributed by atoms with E-state index in [1.165, 1.54) is 122 Å². The molecule has 0 aliphatic heterocycles. The summed E-state index contributed by atoms with van der Waals surface area (Å²) in [6, 6.07) is 0. The lowest BCUT2D eigenvalue weighted by atomic mass is 10.1. The Morgan fingerprint density at radius 2 is 0.793 bits per heavy atom. The van der Waals surface area contributed by atoms with E-state index in [9.17, 15) is 9.59 Å². The molecule has 0 heterocycles. The number of hydrogen-bond acceptors (Lipinski definition) is 5. The topological polar surface area (TPSA) is 61.8 Å². The Balaban J connectivity index is 4.30. The first-order valence-corrected chi connectivity index (χ1v) is 24.8. The Bertz CT molecular complexity index is 1010. The van der Waals surface area contributed by atoms with Gasteiger partial charge in [-0.1, -0.05) is 191 Å². The number of ether oxygens (including phenoxy) is 3. The molecule has 0 N–H and O–H groups in total. The lowest BCUT2D eigenvalue weighted by molar-refractivity contribution is -0.163. The van der Waals surface area contributed by atoms with Crippen LogP contribution in [0.15, 0.2) is 60.8 Å². The molecule has 0 rings (SSSR count). The van der Waals surface area contributed by atoms with Crippen molar-refractivity contribution < 1.29 is 23.8 Å². The molecule has 0 saturated carbocycles. The first-order chi connectivity index (χ1) is 28.6. The van der Waals surface area contributed by atoms with Crippen LogP contribution in [-0.4, -0.2) is 37.9 Å². The van der Waals surface area contributed by atoms with Crippen molar-refractivity contribution in [2.75, 3.05) is 19.8 Å². The summed E-state index contributed by atoms with van der Waals surface area (Å²) in [5.74, 6) is -0.426. The highest BCUT2D eigenvalue weighted by Crippen LogP contribution is 2.13. The van der Waals surface area contributed by atoms with Crippen LogP contribution in [0.25, 0.3) is 0 Å². The molecule has 5 heteroatoms. The maximum atomic E-state index is 12.8. The molecule has 0 fully saturated rings. The maximum absolute atomic E-state index is 12.8. The minimum Gasteiger partial charge on any atom is -0.462 e. The third kappa shape index (κ3) is 46.3. The van der Waals surface area contributed by atoms with Crippen LogP contribution in [0.1, 0.15) is 239 Å². The summed E-state index contributed by atoms with van der Waals surface area (Å²) in [6.07, 6.45) is 60.8. The van der Waals surface area contributed by atoms with E-state index >= 15 is 0 Å². The van der Waals surface area contributed by atoms with E-state index in [-0.39, 0.29) is 25.2 Å².